The van der Waals surface area contributed by atoms with Gasteiger partial charge in [-0.05, 0) is 30.3 Å². The summed E-state index contributed by atoms with van der Waals surface area (Å²) < 4.78 is 63.8. The second-order valence-electron chi connectivity index (χ2n) is 6.56. The van der Waals surface area contributed by atoms with Gasteiger partial charge in [0.25, 0.3) is 0 Å². The Morgan fingerprint density at radius 2 is 1.58 bits per heavy atom. The molecule has 0 aromatic heterocycles. The average molecular weight is 538 g/mol. The smallest absolute Gasteiger partial charge is 0.390 e. The van der Waals surface area contributed by atoms with Crippen LogP contribution in [0.25, 0.3) is 0 Å². The van der Waals surface area contributed by atoms with Crippen molar-refractivity contribution in [2.24, 2.45) is 5.16 Å². The summed E-state index contributed by atoms with van der Waals surface area (Å²) in [6, 6.07) is 16.7. The highest BCUT2D eigenvalue weighted by Crippen LogP contribution is 2.30. The molecule has 0 fully saturated rings. The van der Waals surface area contributed by atoms with Gasteiger partial charge in [-0.2, -0.15) is 21.6 Å². The Morgan fingerprint density at radius 1 is 0.939 bits per heavy atom. The SMILES string of the molecule is O=S(=O)(Nc1ccc(Cl)cc1/C(=N/OCc1ccc(Cl)cc1Cl)c1ccccc1)C(F)(F)F. The highest BCUT2D eigenvalue weighted by atomic mass is 35.5. The van der Waals surface area contributed by atoms with Gasteiger partial charge in [0.1, 0.15) is 12.3 Å². The molecule has 0 aliphatic carbocycles. The number of alkyl halides is 3. The first-order chi connectivity index (χ1) is 15.5. The lowest BCUT2D eigenvalue weighted by Gasteiger charge is -2.16. The number of halogens is 6. The number of anilines is 1. The normalized spacial score (nSPS) is 12.5. The van der Waals surface area contributed by atoms with Crippen molar-refractivity contribution < 1.29 is 26.4 Å². The van der Waals surface area contributed by atoms with E-state index in [1.807, 2.05) is 0 Å². The van der Waals surface area contributed by atoms with E-state index in [9.17, 15) is 21.6 Å². The number of rotatable bonds is 7. The minimum atomic E-state index is -5.69. The van der Waals surface area contributed by atoms with Gasteiger partial charge < -0.3 is 4.84 Å². The number of hydrogen-bond donors (Lipinski definition) is 1. The molecule has 1 N–H and O–H groups in total. The van der Waals surface area contributed by atoms with E-state index in [0.29, 0.717) is 21.2 Å². The van der Waals surface area contributed by atoms with Crippen LogP contribution in [0.1, 0.15) is 16.7 Å². The zero-order valence-electron chi connectivity index (χ0n) is 16.4. The van der Waals surface area contributed by atoms with Crippen molar-refractivity contribution in [2.45, 2.75) is 12.1 Å². The van der Waals surface area contributed by atoms with Gasteiger partial charge in [0.2, 0.25) is 0 Å². The molecule has 0 atom stereocenters. The van der Waals surface area contributed by atoms with E-state index in [1.165, 1.54) is 18.2 Å². The van der Waals surface area contributed by atoms with Gasteiger partial charge in [-0.15, -0.1) is 0 Å². The number of benzene rings is 3. The molecule has 3 rings (SSSR count). The molecule has 3 aromatic rings. The van der Waals surface area contributed by atoms with Crippen LogP contribution in [0.2, 0.25) is 15.1 Å². The molecule has 12 heteroatoms. The Bertz CT molecular complexity index is 1280. The van der Waals surface area contributed by atoms with Crippen LogP contribution in [0.5, 0.6) is 0 Å². The van der Waals surface area contributed by atoms with Crippen LogP contribution in [0.4, 0.5) is 18.9 Å². The van der Waals surface area contributed by atoms with Crippen LogP contribution in [0.3, 0.4) is 0 Å². The Kier molecular flexibility index (Phi) is 7.79. The third kappa shape index (κ3) is 6.32. The first-order valence-corrected chi connectivity index (χ1v) is 11.7. The summed E-state index contributed by atoms with van der Waals surface area (Å²) in [7, 11) is -5.69. The van der Waals surface area contributed by atoms with E-state index in [-0.39, 0.29) is 28.6 Å². The maximum Gasteiger partial charge on any atom is 0.516 e. The molecule has 0 saturated heterocycles. The zero-order chi connectivity index (χ0) is 24.2. The molecule has 0 bridgehead atoms. The van der Waals surface area contributed by atoms with Crippen molar-refractivity contribution in [3.05, 3.63) is 98.5 Å². The van der Waals surface area contributed by atoms with Crippen molar-refractivity contribution in [2.75, 3.05) is 4.72 Å². The van der Waals surface area contributed by atoms with Crippen molar-refractivity contribution in [1.82, 2.24) is 0 Å². The number of oxime groups is 1. The third-order valence-electron chi connectivity index (χ3n) is 4.22. The molecule has 0 radical (unpaired) electrons. The number of nitrogens with zero attached hydrogens (tertiary/aromatic N) is 1. The Morgan fingerprint density at radius 3 is 2.21 bits per heavy atom. The molecular formula is C21H14Cl3F3N2O3S. The molecule has 0 aliphatic rings. The van der Waals surface area contributed by atoms with Crippen LogP contribution in [0.15, 0.2) is 71.9 Å². The van der Waals surface area contributed by atoms with Gasteiger partial charge in [0.05, 0.1) is 5.69 Å². The van der Waals surface area contributed by atoms with Crippen LogP contribution >= 0.6 is 34.8 Å². The first kappa shape index (κ1) is 25.2. The van der Waals surface area contributed by atoms with Crippen molar-refractivity contribution in [3.8, 4) is 0 Å². The molecule has 0 heterocycles. The highest BCUT2D eigenvalue weighted by molar-refractivity contribution is 7.93. The predicted molar refractivity (Wildman–Crippen MR) is 123 cm³/mol. The fourth-order valence-corrected chi connectivity index (χ4v) is 3.88. The second-order valence-corrected chi connectivity index (χ2v) is 9.51. The fourth-order valence-electron chi connectivity index (χ4n) is 2.66. The molecule has 0 spiro atoms. The second kappa shape index (κ2) is 10.2. The molecule has 3 aromatic carbocycles. The Labute approximate surface area is 202 Å². The topological polar surface area (TPSA) is 67.8 Å². The van der Waals surface area contributed by atoms with E-state index in [0.717, 1.165) is 6.07 Å². The summed E-state index contributed by atoms with van der Waals surface area (Å²) in [6.45, 7) is -0.0868. The summed E-state index contributed by atoms with van der Waals surface area (Å²) in [5, 5.41) is 4.97. The van der Waals surface area contributed by atoms with Gasteiger partial charge >= 0.3 is 15.5 Å². The van der Waals surface area contributed by atoms with Crippen molar-refractivity contribution in [3.63, 3.8) is 0 Å². The summed E-state index contributed by atoms with van der Waals surface area (Å²) in [4.78, 5) is 5.42. The fraction of sp³-hybridized carbons (Fsp3) is 0.0952. The lowest BCUT2D eigenvalue weighted by molar-refractivity contribution is -0.0429. The first-order valence-electron chi connectivity index (χ1n) is 9.06. The molecule has 33 heavy (non-hydrogen) atoms. The van der Waals surface area contributed by atoms with Crippen LogP contribution < -0.4 is 4.72 Å². The summed E-state index contributed by atoms with van der Waals surface area (Å²) in [5.74, 6) is 0. The van der Waals surface area contributed by atoms with Gasteiger partial charge in [-0.3, -0.25) is 4.72 Å². The largest absolute Gasteiger partial charge is 0.516 e. The lowest BCUT2D eigenvalue weighted by atomic mass is 10.0. The van der Waals surface area contributed by atoms with Crippen molar-refractivity contribution >= 4 is 56.2 Å². The van der Waals surface area contributed by atoms with Gasteiger partial charge in [0.15, 0.2) is 0 Å². The number of sulfonamides is 1. The van der Waals surface area contributed by atoms with E-state index >= 15 is 0 Å². The lowest BCUT2D eigenvalue weighted by Crippen LogP contribution is -2.30. The Hall–Kier alpha value is -2.46. The molecule has 5 nitrogen and oxygen atoms in total. The zero-order valence-corrected chi connectivity index (χ0v) is 19.5. The Balaban J connectivity index is 2.05. The number of hydrogen-bond acceptors (Lipinski definition) is 4. The highest BCUT2D eigenvalue weighted by Gasteiger charge is 2.46. The van der Waals surface area contributed by atoms with Crippen molar-refractivity contribution in [1.29, 1.82) is 0 Å². The van der Waals surface area contributed by atoms with E-state index < -0.39 is 15.5 Å². The standard InChI is InChI=1S/C21H14Cl3F3N2O3S/c22-15-8-9-19(29-33(30,31)21(25,26)27)17(10-15)20(13-4-2-1-3-5-13)28-32-12-14-6-7-16(23)11-18(14)24/h1-11,29H,12H2/b28-20+. The van der Waals surface area contributed by atoms with Gasteiger partial charge in [-0.25, -0.2) is 0 Å². The molecule has 174 valence electrons. The summed E-state index contributed by atoms with van der Waals surface area (Å²) in [6.07, 6.45) is 0. The maximum absolute atomic E-state index is 13.0. The molecule has 0 aliphatic heterocycles. The predicted octanol–water partition coefficient (Wildman–Crippen LogP) is 6.88. The quantitative estimate of drug-likeness (QED) is 0.264. The minimum absolute atomic E-state index is 0.0243. The maximum atomic E-state index is 13.0. The van der Waals surface area contributed by atoms with E-state index in [4.69, 9.17) is 39.6 Å². The summed E-state index contributed by atoms with van der Waals surface area (Å²) in [5.41, 5.74) is -4.88. The van der Waals surface area contributed by atoms with Crippen LogP contribution in [-0.4, -0.2) is 19.6 Å². The average Bonchev–Trinajstić information content (AvgIpc) is 2.74. The van der Waals surface area contributed by atoms with Gasteiger partial charge in [-0.1, -0.05) is 76.4 Å². The molecule has 0 amide bonds. The molecule has 0 saturated carbocycles. The third-order valence-corrected chi connectivity index (χ3v) is 6.14. The minimum Gasteiger partial charge on any atom is -0.390 e. The van der Waals surface area contributed by atoms with E-state index in [1.54, 1.807) is 47.2 Å². The van der Waals surface area contributed by atoms with Gasteiger partial charge in [0, 0.05) is 31.8 Å². The number of nitrogens with one attached hydrogen (secondary N) is 1. The molecular weight excluding hydrogens is 524 g/mol. The summed E-state index contributed by atoms with van der Waals surface area (Å²) >= 11 is 18.1. The monoisotopic (exact) mass is 536 g/mol. The van der Waals surface area contributed by atoms with E-state index in [2.05, 4.69) is 5.16 Å². The molecule has 0 unspecified atom stereocenters. The van der Waals surface area contributed by atoms with Crippen LogP contribution in [0, 0.1) is 0 Å². The van der Waals surface area contributed by atoms with Crippen LogP contribution in [-0.2, 0) is 21.5 Å².